The minimum absolute atomic E-state index is 0.105. The summed E-state index contributed by atoms with van der Waals surface area (Å²) in [6.07, 6.45) is 2.92. The van der Waals surface area contributed by atoms with E-state index in [1.807, 2.05) is 39.8 Å². The van der Waals surface area contributed by atoms with E-state index in [1.165, 1.54) is 17.1 Å². The van der Waals surface area contributed by atoms with Crippen molar-refractivity contribution in [1.82, 2.24) is 24.6 Å². The second kappa shape index (κ2) is 11.4. The predicted molar refractivity (Wildman–Crippen MR) is 123 cm³/mol. The molecule has 0 fully saturated rings. The van der Waals surface area contributed by atoms with Crippen LogP contribution in [0.25, 0.3) is 5.69 Å². The minimum Gasteiger partial charge on any atom is -0.474 e. The van der Waals surface area contributed by atoms with Crippen molar-refractivity contribution in [2.24, 2.45) is 0 Å². The van der Waals surface area contributed by atoms with Gasteiger partial charge in [0.05, 0.1) is 6.10 Å². The zero-order chi connectivity index (χ0) is 24.8. The van der Waals surface area contributed by atoms with Crippen molar-refractivity contribution in [2.45, 2.75) is 45.8 Å². The molecule has 0 aromatic carbocycles. The van der Waals surface area contributed by atoms with Crippen LogP contribution in [0.1, 0.15) is 44.5 Å². The number of ether oxygens (including phenoxy) is 2. The molecule has 0 radical (unpaired) electrons. The van der Waals surface area contributed by atoms with Gasteiger partial charge in [-0.25, -0.2) is 13.9 Å². The number of pyridine rings is 1. The topological polar surface area (TPSA) is 89.8 Å². The fraction of sp³-hybridized carbons (Fsp3) is 0.545. The average molecular weight is 484 g/mol. The second-order valence-corrected chi connectivity index (χ2v) is 9.20. The number of carbonyl (C=O) groups is 2. The van der Waals surface area contributed by atoms with Crippen molar-refractivity contribution in [2.75, 3.05) is 33.7 Å². The predicted octanol–water partition coefficient (Wildman–Crippen LogP) is 3.83. The van der Waals surface area contributed by atoms with E-state index in [9.17, 15) is 14.0 Å². The Kier molecular flexibility index (Phi) is 9.18. The summed E-state index contributed by atoms with van der Waals surface area (Å²) in [4.78, 5) is 31.9. The van der Waals surface area contributed by atoms with E-state index in [4.69, 9.17) is 21.1 Å². The van der Waals surface area contributed by atoms with Crippen molar-refractivity contribution >= 4 is 24.0 Å². The molecule has 1 atom stereocenters. The van der Waals surface area contributed by atoms with Crippen LogP contribution in [0.4, 0.5) is 9.18 Å². The molecule has 2 aromatic rings. The molecule has 0 saturated heterocycles. The highest BCUT2D eigenvalue weighted by atomic mass is 35.5. The summed E-state index contributed by atoms with van der Waals surface area (Å²) in [6, 6.07) is 1.59. The maximum atomic E-state index is 14.6. The first-order chi connectivity index (χ1) is 15.4. The number of hydrogen-bond donors (Lipinski definition) is 0. The molecule has 2 aromatic heterocycles. The number of likely N-dealkylation sites (N-methyl/N-ethyl adjacent to an activating group) is 1. The van der Waals surface area contributed by atoms with Crippen LogP contribution in [-0.4, -0.2) is 82.4 Å². The fourth-order valence-electron chi connectivity index (χ4n) is 2.87. The number of aromatic nitrogens is 3. The van der Waals surface area contributed by atoms with E-state index in [1.54, 1.807) is 17.9 Å². The zero-order valence-corrected chi connectivity index (χ0v) is 20.6. The molecule has 0 saturated carbocycles. The Morgan fingerprint density at radius 1 is 1.30 bits per heavy atom. The molecule has 33 heavy (non-hydrogen) atoms. The van der Waals surface area contributed by atoms with Crippen LogP contribution in [0, 0.1) is 5.82 Å². The lowest BCUT2D eigenvalue weighted by atomic mass is 10.2. The smallest absolute Gasteiger partial charge is 0.410 e. The normalized spacial score (nSPS) is 12.5. The summed E-state index contributed by atoms with van der Waals surface area (Å²) >= 11 is 5.95. The van der Waals surface area contributed by atoms with E-state index in [2.05, 4.69) is 10.1 Å². The van der Waals surface area contributed by atoms with Gasteiger partial charge in [0.15, 0.2) is 17.3 Å². The Morgan fingerprint density at radius 3 is 2.55 bits per heavy atom. The molecule has 2 heterocycles. The third-order valence-electron chi connectivity index (χ3n) is 4.51. The number of carbonyl (C=O) groups excluding carboxylic acids is 2. The van der Waals surface area contributed by atoms with Gasteiger partial charge in [0.2, 0.25) is 5.88 Å². The molecule has 0 spiro atoms. The van der Waals surface area contributed by atoms with E-state index < -0.39 is 28.8 Å². The molecule has 0 aliphatic rings. The van der Waals surface area contributed by atoms with E-state index in [0.717, 1.165) is 0 Å². The van der Waals surface area contributed by atoms with Crippen LogP contribution in [-0.2, 0) is 4.74 Å². The van der Waals surface area contributed by atoms with E-state index >= 15 is 0 Å². The van der Waals surface area contributed by atoms with Crippen molar-refractivity contribution in [3.05, 3.63) is 35.0 Å². The highest BCUT2D eigenvalue weighted by molar-refractivity contribution is 6.30. The molecular formula is C22H31ClFN5O4. The Morgan fingerprint density at radius 2 is 2.00 bits per heavy atom. The minimum atomic E-state index is -0.873. The lowest BCUT2D eigenvalue weighted by molar-refractivity contribution is 0.0220. The van der Waals surface area contributed by atoms with E-state index in [0.29, 0.717) is 32.3 Å². The fourth-order valence-corrected chi connectivity index (χ4v) is 3.03. The molecule has 0 aliphatic carbocycles. The van der Waals surface area contributed by atoms with Crippen LogP contribution in [0.15, 0.2) is 18.5 Å². The Balaban J connectivity index is 2.17. The molecule has 1 amide bonds. The summed E-state index contributed by atoms with van der Waals surface area (Å²) in [5, 5.41) is 3.54. The summed E-state index contributed by atoms with van der Waals surface area (Å²) in [6.45, 7) is 8.67. The lowest BCUT2D eigenvalue weighted by Gasteiger charge is -2.29. The number of halogens is 2. The van der Waals surface area contributed by atoms with Crippen LogP contribution >= 0.6 is 11.6 Å². The van der Waals surface area contributed by atoms with Gasteiger partial charge >= 0.3 is 6.09 Å². The molecular weight excluding hydrogens is 453 g/mol. The first kappa shape index (κ1) is 26.5. The van der Waals surface area contributed by atoms with Gasteiger partial charge in [0, 0.05) is 38.4 Å². The molecule has 2 rings (SSSR count). The van der Waals surface area contributed by atoms with Gasteiger partial charge in [-0.3, -0.25) is 4.79 Å². The molecule has 182 valence electrons. The van der Waals surface area contributed by atoms with Gasteiger partial charge in [-0.15, -0.1) is 0 Å². The monoisotopic (exact) mass is 483 g/mol. The maximum absolute atomic E-state index is 14.6. The van der Waals surface area contributed by atoms with Crippen molar-refractivity contribution in [3.63, 3.8) is 0 Å². The van der Waals surface area contributed by atoms with Gasteiger partial charge in [0.25, 0.3) is 0 Å². The zero-order valence-electron chi connectivity index (χ0n) is 19.8. The molecule has 0 bridgehead atoms. The number of nitrogens with zero attached hydrogens (tertiary/aromatic N) is 5. The third kappa shape index (κ3) is 7.68. The molecule has 0 N–H and O–H groups in total. The Bertz CT molecular complexity index is 947. The van der Waals surface area contributed by atoms with Gasteiger partial charge in [0.1, 0.15) is 16.9 Å². The van der Waals surface area contributed by atoms with Crippen molar-refractivity contribution < 1.29 is 23.5 Å². The van der Waals surface area contributed by atoms with Crippen molar-refractivity contribution in [3.8, 4) is 11.6 Å². The van der Waals surface area contributed by atoms with Gasteiger partial charge < -0.3 is 19.3 Å². The third-order valence-corrected chi connectivity index (χ3v) is 4.76. The van der Waals surface area contributed by atoms with E-state index in [-0.39, 0.29) is 17.1 Å². The highest BCUT2D eigenvalue weighted by Crippen LogP contribution is 2.30. The quantitative estimate of drug-likeness (QED) is 0.374. The van der Waals surface area contributed by atoms with Gasteiger partial charge in [-0.05, 0) is 47.9 Å². The average Bonchev–Trinajstić information content (AvgIpc) is 3.22. The summed E-state index contributed by atoms with van der Waals surface area (Å²) in [5.41, 5.74) is -0.867. The SMILES string of the molecule is CC(CCN(CCN(C)C)C(=O)OC(C)(C)C)Oc1nc(Cl)c(F)c(-n2cccn2)c1C=O. The molecule has 9 nitrogen and oxygen atoms in total. The number of aldehydes is 1. The number of hydrogen-bond acceptors (Lipinski definition) is 7. The first-order valence-corrected chi connectivity index (χ1v) is 10.9. The van der Waals surface area contributed by atoms with Gasteiger partial charge in [-0.2, -0.15) is 10.1 Å². The van der Waals surface area contributed by atoms with Crippen LogP contribution in [0.5, 0.6) is 5.88 Å². The first-order valence-electron chi connectivity index (χ1n) is 10.6. The summed E-state index contributed by atoms with van der Waals surface area (Å²) in [5.74, 6) is -0.978. The van der Waals surface area contributed by atoms with Crippen LogP contribution in [0.3, 0.4) is 0 Å². The molecule has 11 heteroatoms. The number of rotatable bonds is 10. The van der Waals surface area contributed by atoms with Gasteiger partial charge in [-0.1, -0.05) is 11.6 Å². The maximum Gasteiger partial charge on any atom is 0.410 e. The second-order valence-electron chi connectivity index (χ2n) is 8.84. The highest BCUT2D eigenvalue weighted by Gasteiger charge is 2.25. The van der Waals surface area contributed by atoms with Crippen molar-refractivity contribution in [1.29, 1.82) is 0 Å². The summed E-state index contributed by atoms with van der Waals surface area (Å²) < 4.78 is 27.2. The number of amides is 1. The Labute approximate surface area is 198 Å². The molecule has 0 aliphatic heterocycles. The standard InChI is InChI=1S/C22H31ClFN5O4/c1-15(8-11-28(13-12-27(5)6)21(31)33-22(2,3)4)32-20-16(14-30)18(17(24)19(23)26-20)29-10-7-9-25-29/h7,9-10,14-15H,8,11-13H2,1-6H3. The largest absolute Gasteiger partial charge is 0.474 e. The van der Waals surface area contributed by atoms with Crippen LogP contribution < -0.4 is 4.74 Å². The van der Waals surface area contributed by atoms with Crippen LogP contribution in [0.2, 0.25) is 5.15 Å². The lowest BCUT2D eigenvalue weighted by Crippen LogP contribution is -2.41. The Hall–Kier alpha value is -2.72. The molecule has 1 unspecified atom stereocenters. The summed E-state index contributed by atoms with van der Waals surface area (Å²) in [7, 11) is 3.84.